The lowest BCUT2D eigenvalue weighted by molar-refractivity contribution is -0.118. The van der Waals surface area contributed by atoms with Crippen molar-refractivity contribution >= 4 is 44.3 Å². The van der Waals surface area contributed by atoms with Gasteiger partial charge < -0.3 is 15.2 Å². The number of benzene rings is 3. The summed E-state index contributed by atoms with van der Waals surface area (Å²) < 4.78 is 6.38. The molecule has 1 amide bonds. The van der Waals surface area contributed by atoms with E-state index < -0.39 is 5.97 Å². The van der Waals surface area contributed by atoms with E-state index in [1.807, 2.05) is 30.3 Å². The smallest absolute Gasteiger partial charge is 0.335 e. The van der Waals surface area contributed by atoms with Crippen LogP contribution in [0.5, 0.6) is 5.75 Å². The van der Waals surface area contributed by atoms with Crippen LogP contribution in [0.3, 0.4) is 0 Å². The zero-order chi connectivity index (χ0) is 17.8. The molecule has 0 bridgehead atoms. The standard InChI is InChI=1S/C19H14BrNO4/c20-18-15-4-2-1-3-12(15)7-10-16(18)25-11-17(22)21-14-8-5-13(6-9-14)19(23)24/h1-10H,11H2,(H,21,22)(H,23,24). The van der Waals surface area contributed by atoms with Gasteiger partial charge >= 0.3 is 5.97 Å². The minimum absolute atomic E-state index is 0.155. The van der Waals surface area contributed by atoms with Gasteiger partial charge in [0.05, 0.1) is 10.0 Å². The van der Waals surface area contributed by atoms with Crippen LogP contribution in [-0.4, -0.2) is 23.6 Å². The monoisotopic (exact) mass is 399 g/mol. The van der Waals surface area contributed by atoms with Crippen molar-refractivity contribution in [3.05, 3.63) is 70.7 Å². The second-order valence-electron chi connectivity index (χ2n) is 5.32. The Hall–Kier alpha value is -2.86. The predicted octanol–water partition coefficient (Wildman–Crippen LogP) is 4.32. The molecule has 0 aliphatic rings. The number of fused-ring (bicyclic) bond motifs is 1. The maximum absolute atomic E-state index is 12.0. The van der Waals surface area contributed by atoms with Crippen molar-refractivity contribution in [2.75, 3.05) is 11.9 Å². The van der Waals surface area contributed by atoms with E-state index in [0.29, 0.717) is 11.4 Å². The number of carboxylic acids is 1. The average Bonchev–Trinajstić information content (AvgIpc) is 2.62. The molecule has 3 aromatic carbocycles. The summed E-state index contributed by atoms with van der Waals surface area (Å²) in [7, 11) is 0. The summed E-state index contributed by atoms with van der Waals surface area (Å²) >= 11 is 3.51. The molecule has 0 atom stereocenters. The lowest BCUT2D eigenvalue weighted by Gasteiger charge is -2.11. The Bertz CT molecular complexity index is 938. The Morgan fingerprint density at radius 3 is 2.44 bits per heavy atom. The van der Waals surface area contributed by atoms with Gasteiger partial charge in [-0.3, -0.25) is 4.79 Å². The SMILES string of the molecule is O=C(COc1ccc2ccccc2c1Br)Nc1ccc(C(=O)O)cc1. The number of hydrogen-bond acceptors (Lipinski definition) is 3. The first-order valence-corrected chi connectivity index (χ1v) is 8.27. The van der Waals surface area contributed by atoms with Crippen LogP contribution in [0.25, 0.3) is 10.8 Å². The summed E-state index contributed by atoms with van der Waals surface area (Å²) in [4.78, 5) is 22.8. The Labute approximate surface area is 152 Å². The van der Waals surface area contributed by atoms with Crippen LogP contribution < -0.4 is 10.1 Å². The third-order valence-corrected chi connectivity index (χ3v) is 4.42. The topological polar surface area (TPSA) is 75.6 Å². The number of rotatable bonds is 5. The number of halogens is 1. The Kier molecular flexibility index (Phi) is 5.00. The number of carbonyl (C=O) groups excluding carboxylic acids is 1. The van der Waals surface area contributed by atoms with Gasteiger partial charge in [0.1, 0.15) is 5.75 Å². The molecule has 0 aromatic heterocycles. The number of hydrogen-bond donors (Lipinski definition) is 2. The largest absolute Gasteiger partial charge is 0.483 e. The van der Waals surface area contributed by atoms with E-state index in [9.17, 15) is 9.59 Å². The number of carboxylic acid groups (broad SMARTS) is 1. The third-order valence-electron chi connectivity index (χ3n) is 3.60. The maximum atomic E-state index is 12.0. The molecule has 0 aliphatic heterocycles. The number of nitrogens with one attached hydrogen (secondary N) is 1. The summed E-state index contributed by atoms with van der Waals surface area (Å²) in [5, 5.41) is 13.6. The van der Waals surface area contributed by atoms with E-state index in [1.54, 1.807) is 6.07 Å². The molecular weight excluding hydrogens is 386 g/mol. The Morgan fingerprint density at radius 2 is 1.72 bits per heavy atom. The summed E-state index contributed by atoms with van der Waals surface area (Å²) in [6.45, 7) is -0.155. The summed E-state index contributed by atoms with van der Waals surface area (Å²) in [5.41, 5.74) is 0.672. The van der Waals surface area contributed by atoms with Crippen molar-refractivity contribution < 1.29 is 19.4 Å². The summed E-state index contributed by atoms with van der Waals surface area (Å²) in [6, 6.07) is 17.5. The highest BCUT2D eigenvalue weighted by molar-refractivity contribution is 9.10. The molecule has 126 valence electrons. The quantitative estimate of drug-likeness (QED) is 0.669. The fourth-order valence-electron chi connectivity index (χ4n) is 2.36. The molecule has 0 saturated heterocycles. The number of anilines is 1. The second kappa shape index (κ2) is 7.36. The summed E-state index contributed by atoms with van der Waals surface area (Å²) in [6.07, 6.45) is 0. The minimum Gasteiger partial charge on any atom is -0.483 e. The molecule has 0 saturated carbocycles. The highest BCUT2D eigenvalue weighted by atomic mass is 79.9. The van der Waals surface area contributed by atoms with Gasteiger partial charge in [0, 0.05) is 5.69 Å². The molecule has 2 N–H and O–H groups in total. The van der Waals surface area contributed by atoms with Gasteiger partial charge in [-0.05, 0) is 57.0 Å². The van der Waals surface area contributed by atoms with Crippen molar-refractivity contribution in [2.45, 2.75) is 0 Å². The molecule has 0 unspecified atom stereocenters. The Morgan fingerprint density at radius 1 is 1.00 bits per heavy atom. The highest BCUT2D eigenvalue weighted by Crippen LogP contribution is 2.32. The first-order chi connectivity index (χ1) is 12.0. The predicted molar refractivity (Wildman–Crippen MR) is 99.2 cm³/mol. The molecule has 0 fully saturated rings. The molecule has 0 heterocycles. The van der Waals surface area contributed by atoms with Gasteiger partial charge in [-0.15, -0.1) is 0 Å². The molecular formula is C19H14BrNO4. The molecule has 0 spiro atoms. The van der Waals surface area contributed by atoms with Crippen LogP contribution in [0.1, 0.15) is 10.4 Å². The van der Waals surface area contributed by atoms with E-state index in [2.05, 4.69) is 21.2 Å². The average molecular weight is 400 g/mol. The van der Waals surface area contributed by atoms with Crippen LogP contribution >= 0.6 is 15.9 Å². The van der Waals surface area contributed by atoms with Gasteiger partial charge in [0.2, 0.25) is 0 Å². The molecule has 0 radical (unpaired) electrons. The van der Waals surface area contributed by atoms with Crippen LogP contribution in [0.15, 0.2) is 65.1 Å². The lowest BCUT2D eigenvalue weighted by atomic mass is 10.1. The van der Waals surface area contributed by atoms with Crippen molar-refractivity contribution in [3.63, 3.8) is 0 Å². The van der Waals surface area contributed by atoms with Gasteiger partial charge in [-0.2, -0.15) is 0 Å². The van der Waals surface area contributed by atoms with Gasteiger partial charge in [0.25, 0.3) is 5.91 Å². The zero-order valence-corrected chi connectivity index (χ0v) is 14.6. The van der Waals surface area contributed by atoms with E-state index >= 15 is 0 Å². The first-order valence-electron chi connectivity index (χ1n) is 7.48. The van der Waals surface area contributed by atoms with Crippen LogP contribution in [-0.2, 0) is 4.79 Å². The van der Waals surface area contributed by atoms with E-state index in [4.69, 9.17) is 9.84 Å². The van der Waals surface area contributed by atoms with Crippen molar-refractivity contribution in [3.8, 4) is 5.75 Å². The molecule has 25 heavy (non-hydrogen) atoms. The van der Waals surface area contributed by atoms with Crippen LogP contribution in [0.4, 0.5) is 5.69 Å². The zero-order valence-electron chi connectivity index (χ0n) is 13.0. The van der Waals surface area contributed by atoms with Gasteiger partial charge in [0.15, 0.2) is 6.61 Å². The highest BCUT2D eigenvalue weighted by Gasteiger charge is 2.09. The summed E-state index contributed by atoms with van der Waals surface area (Å²) in [5.74, 6) is -0.763. The molecule has 6 heteroatoms. The van der Waals surface area contributed by atoms with Crippen molar-refractivity contribution in [1.29, 1.82) is 0 Å². The van der Waals surface area contributed by atoms with Crippen LogP contribution in [0.2, 0.25) is 0 Å². The second-order valence-corrected chi connectivity index (χ2v) is 6.11. The fourth-order valence-corrected chi connectivity index (χ4v) is 2.97. The molecule has 3 rings (SSSR count). The number of ether oxygens (including phenoxy) is 1. The molecule has 5 nitrogen and oxygen atoms in total. The lowest BCUT2D eigenvalue weighted by Crippen LogP contribution is -2.20. The van der Waals surface area contributed by atoms with E-state index in [0.717, 1.165) is 15.2 Å². The number of carbonyl (C=O) groups is 2. The third kappa shape index (κ3) is 3.97. The fraction of sp³-hybridized carbons (Fsp3) is 0.0526. The van der Waals surface area contributed by atoms with Gasteiger partial charge in [-0.1, -0.05) is 30.3 Å². The maximum Gasteiger partial charge on any atom is 0.335 e. The normalized spacial score (nSPS) is 10.4. The number of amides is 1. The van der Waals surface area contributed by atoms with E-state index in [1.165, 1.54) is 24.3 Å². The molecule has 3 aromatic rings. The van der Waals surface area contributed by atoms with Crippen molar-refractivity contribution in [1.82, 2.24) is 0 Å². The number of aromatic carboxylic acids is 1. The van der Waals surface area contributed by atoms with Crippen molar-refractivity contribution in [2.24, 2.45) is 0 Å². The molecule has 0 aliphatic carbocycles. The van der Waals surface area contributed by atoms with E-state index in [-0.39, 0.29) is 18.1 Å². The Balaban J connectivity index is 1.64. The minimum atomic E-state index is -1.01. The van der Waals surface area contributed by atoms with Crippen LogP contribution in [0, 0.1) is 0 Å². The van der Waals surface area contributed by atoms with Gasteiger partial charge in [-0.25, -0.2) is 4.79 Å². The first kappa shape index (κ1) is 17.0.